The van der Waals surface area contributed by atoms with Gasteiger partial charge in [0.15, 0.2) is 0 Å². The first-order valence-electron chi connectivity index (χ1n) is 6.72. The summed E-state index contributed by atoms with van der Waals surface area (Å²) in [5.41, 5.74) is 1.08. The predicted molar refractivity (Wildman–Crippen MR) is 80.6 cm³/mol. The number of hydrogen-bond donors (Lipinski definition) is 1. The van der Waals surface area contributed by atoms with E-state index in [4.69, 9.17) is 11.6 Å². The van der Waals surface area contributed by atoms with E-state index in [9.17, 15) is 9.50 Å². The summed E-state index contributed by atoms with van der Waals surface area (Å²) in [6.07, 6.45) is 1.15. The van der Waals surface area contributed by atoms with Gasteiger partial charge in [-0.15, -0.1) is 0 Å². The molecular weight excluding hydrogens is 275 g/mol. The molecule has 106 valence electrons. The maximum atomic E-state index is 14.1. The van der Waals surface area contributed by atoms with Crippen LogP contribution >= 0.6 is 11.6 Å². The molecule has 1 atom stereocenters. The largest absolute Gasteiger partial charge is 0.395 e. The Balaban J connectivity index is 2.42. The standard InChI is InChI=1S/C17H18ClFO/c1-2-17(12-20,14-8-4-3-5-9-14)11-13-7-6-10-15(18)16(13)19/h3-10,20H,2,11-12H2,1H3. The van der Waals surface area contributed by atoms with Crippen molar-refractivity contribution in [1.29, 1.82) is 0 Å². The average Bonchev–Trinajstić information content (AvgIpc) is 2.50. The number of hydrogen-bond acceptors (Lipinski definition) is 1. The van der Waals surface area contributed by atoms with Gasteiger partial charge in [-0.2, -0.15) is 0 Å². The van der Waals surface area contributed by atoms with Crippen molar-refractivity contribution in [3.05, 3.63) is 70.5 Å². The topological polar surface area (TPSA) is 20.2 Å². The van der Waals surface area contributed by atoms with E-state index in [0.29, 0.717) is 12.0 Å². The molecule has 3 heteroatoms. The molecule has 0 aromatic heterocycles. The first-order valence-corrected chi connectivity index (χ1v) is 7.10. The molecule has 0 aliphatic heterocycles. The Hall–Kier alpha value is -1.38. The summed E-state index contributed by atoms with van der Waals surface area (Å²) in [4.78, 5) is 0. The molecule has 1 unspecified atom stereocenters. The Kier molecular flexibility index (Phi) is 4.79. The highest BCUT2D eigenvalue weighted by Crippen LogP contribution is 2.33. The van der Waals surface area contributed by atoms with Gasteiger partial charge in [-0.05, 0) is 30.0 Å². The van der Waals surface area contributed by atoms with Gasteiger partial charge in [0.05, 0.1) is 11.6 Å². The maximum absolute atomic E-state index is 14.1. The van der Waals surface area contributed by atoms with Crippen molar-refractivity contribution in [3.63, 3.8) is 0 Å². The minimum absolute atomic E-state index is 0.0283. The summed E-state index contributed by atoms with van der Waals surface area (Å²) < 4.78 is 14.1. The minimum Gasteiger partial charge on any atom is -0.395 e. The van der Waals surface area contributed by atoms with Crippen LogP contribution in [0.1, 0.15) is 24.5 Å². The van der Waals surface area contributed by atoms with Crippen LogP contribution < -0.4 is 0 Å². The lowest BCUT2D eigenvalue weighted by Crippen LogP contribution is -2.33. The molecule has 0 aliphatic carbocycles. The zero-order valence-corrected chi connectivity index (χ0v) is 12.2. The van der Waals surface area contributed by atoms with Gasteiger partial charge in [0, 0.05) is 5.41 Å². The highest BCUT2D eigenvalue weighted by molar-refractivity contribution is 6.30. The molecule has 0 radical (unpaired) electrons. The molecular formula is C17H18ClFO. The zero-order valence-electron chi connectivity index (χ0n) is 11.4. The highest BCUT2D eigenvalue weighted by atomic mass is 35.5. The quantitative estimate of drug-likeness (QED) is 0.868. The Morgan fingerprint density at radius 3 is 2.40 bits per heavy atom. The predicted octanol–water partition coefficient (Wildman–Crippen LogP) is 4.36. The summed E-state index contributed by atoms with van der Waals surface area (Å²) in [6.45, 7) is 1.98. The summed E-state index contributed by atoms with van der Waals surface area (Å²) in [5.74, 6) is -0.392. The van der Waals surface area contributed by atoms with Crippen LogP contribution in [-0.2, 0) is 11.8 Å². The van der Waals surface area contributed by atoms with Crippen molar-refractivity contribution < 1.29 is 9.50 Å². The van der Waals surface area contributed by atoms with Crippen LogP contribution in [0.5, 0.6) is 0 Å². The number of aliphatic hydroxyl groups excluding tert-OH is 1. The Bertz CT molecular complexity index is 564. The molecule has 0 fully saturated rings. The molecule has 0 heterocycles. The van der Waals surface area contributed by atoms with Gasteiger partial charge in [-0.3, -0.25) is 0 Å². The van der Waals surface area contributed by atoms with Crippen LogP contribution in [0.4, 0.5) is 4.39 Å². The van der Waals surface area contributed by atoms with Gasteiger partial charge in [0.1, 0.15) is 5.82 Å². The number of benzene rings is 2. The molecule has 0 aliphatic rings. The first-order chi connectivity index (χ1) is 9.63. The molecule has 2 rings (SSSR count). The molecule has 0 amide bonds. The summed E-state index contributed by atoms with van der Waals surface area (Å²) in [7, 11) is 0. The van der Waals surface area contributed by atoms with Crippen molar-refractivity contribution in [2.45, 2.75) is 25.2 Å². The number of halogens is 2. The second kappa shape index (κ2) is 6.38. The van der Waals surface area contributed by atoms with Gasteiger partial charge >= 0.3 is 0 Å². The molecule has 0 spiro atoms. The van der Waals surface area contributed by atoms with Gasteiger partial charge in [0.25, 0.3) is 0 Å². The minimum atomic E-state index is -0.479. The van der Waals surface area contributed by atoms with Crippen molar-refractivity contribution in [1.82, 2.24) is 0 Å². The van der Waals surface area contributed by atoms with Gasteiger partial charge in [-0.1, -0.05) is 61.0 Å². The Morgan fingerprint density at radius 1 is 1.10 bits per heavy atom. The first kappa shape index (κ1) is 15.0. The van der Waals surface area contributed by atoms with Gasteiger partial charge in [0.2, 0.25) is 0 Å². The van der Waals surface area contributed by atoms with E-state index >= 15 is 0 Å². The molecule has 20 heavy (non-hydrogen) atoms. The monoisotopic (exact) mass is 292 g/mol. The smallest absolute Gasteiger partial charge is 0.145 e. The third-order valence-electron chi connectivity index (χ3n) is 3.93. The molecule has 0 saturated heterocycles. The van der Waals surface area contributed by atoms with Crippen LogP contribution in [0.3, 0.4) is 0 Å². The van der Waals surface area contributed by atoms with Crippen molar-refractivity contribution in [2.75, 3.05) is 6.61 Å². The SMILES string of the molecule is CCC(CO)(Cc1cccc(Cl)c1F)c1ccccc1. The lowest BCUT2D eigenvalue weighted by atomic mass is 9.74. The lowest BCUT2D eigenvalue weighted by molar-refractivity contribution is 0.185. The normalized spacial score (nSPS) is 14.0. The second-order valence-electron chi connectivity index (χ2n) is 5.05. The van der Waals surface area contributed by atoms with E-state index < -0.39 is 11.2 Å². The van der Waals surface area contributed by atoms with Crippen LogP contribution in [0, 0.1) is 5.82 Å². The number of aliphatic hydroxyl groups is 1. The van der Waals surface area contributed by atoms with Crippen LogP contribution in [0.15, 0.2) is 48.5 Å². The lowest BCUT2D eigenvalue weighted by Gasteiger charge is -2.32. The van der Waals surface area contributed by atoms with Gasteiger partial charge in [-0.25, -0.2) is 4.39 Å². The average molecular weight is 293 g/mol. The van der Waals surface area contributed by atoms with E-state index in [1.807, 2.05) is 37.3 Å². The summed E-state index contributed by atoms with van der Waals surface area (Å²) in [6, 6.07) is 14.8. The summed E-state index contributed by atoms with van der Waals surface area (Å²) >= 11 is 5.84. The van der Waals surface area contributed by atoms with E-state index in [-0.39, 0.29) is 11.6 Å². The third-order valence-corrected chi connectivity index (χ3v) is 4.22. The molecule has 1 N–H and O–H groups in total. The Labute approximate surface area is 124 Å². The second-order valence-corrected chi connectivity index (χ2v) is 5.45. The van der Waals surface area contributed by atoms with Crippen LogP contribution in [0.25, 0.3) is 0 Å². The third kappa shape index (κ3) is 2.87. The van der Waals surface area contributed by atoms with E-state index in [0.717, 1.165) is 12.0 Å². The summed E-state index contributed by atoms with van der Waals surface area (Å²) in [5, 5.41) is 10.0. The van der Waals surface area contributed by atoms with E-state index in [1.54, 1.807) is 12.1 Å². The van der Waals surface area contributed by atoms with Crippen molar-refractivity contribution in [2.24, 2.45) is 0 Å². The maximum Gasteiger partial charge on any atom is 0.145 e. The number of rotatable bonds is 5. The fraction of sp³-hybridized carbons (Fsp3) is 0.294. The molecule has 2 aromatic carbocycles. The molecule has 1 nitrogen and oxygen atoms in total. The fourth-order valence-corrected chi connectivity index (χ4v) is 2.73. The molecule has 0 saturated carbocycles. The van der Waals surface area contributed by atoms with Gasteiger partial charge < -0.3 is 5.11 Å². The molecule has 0 bridgehead atoms. The van der Waals surface area contributed by atoms with E-state index in [1.165, 1.54) is 6.07 Å². The highest BCUT2D eigenvalue weighted by Gasteiger charge is 2.31. The van der Waals surface area contributed by atoms with Crippen molar-refractivity contribution in [3.8, 4) is 0 Å². The van der Waals surface area contributed by atoms with E-state index in [2.05, 4.69) is 0 Å². The fourth-order valence-electron chi connectivity index (χ4n) is 2.53. The Morgan fingerprint density at radius 2 is 1.80 bits per heavy atom. The zero-order chi connectivity index (χ0) is 14.6. The van der Waals surface area contributed by atoms with Crippen LogP contribution in [0.2, 0.25) is 5.02 Å². The van der Waals surface area contributed by atoms with Crippen molar-refractivity contribution >= 4 is 11.6 Å². The van der Waals surface area contributed by atoms with Crippen LogP contribution in [-0.4, -0.2) is 11.7 Å². The molecule has 2 aromatic rings.